The van der Waals surface area contributed by atoms with Gasteiger partial charge in [0.1, 0.15) is 0 Å². The Labute approximate surface area is 115 Å². The van der Waals surface area contributed by atoms with Crippen LogP contribution >= 0.6 is 0 Å². The summed E-state index contributed by atoms with van der Waals surface area (Å²) in [5.74, 6) is -1.36. The van der Waals surface area contributed by atoms with Crippen molar-refractivity contribution in [3.05, 3.63) is 53.6 Å². The first-order valence-corrected chi connectivity index (χ1v) is 6.09. The molecule has 0 fully saturated rings. The van der Waals surface area contributed by atoms with Crippen LogP contribution in [0.4, 0.5) is 14.5 Å². The van der Waals surface area contributed by atoms with Crippen LogP contribution in [0.3, 0.4) is 0 Å². The van der Waals surface area contributed by atoms with E-state index in [9.17, 15) is 13.9 Å². The molecule has 0 aliphatic rings. The van der Waals surface area contributed by atoms with Gasteiger partial charge in [-0.3, -0.25) is 0 Å². The Morgan fingerprint density at radius 2 is 1.85 bits per heavy atom. The summed E-state index contributed by atoms with van der Waals surface area (Å²) in [5, 5.41) is 12.6. The number of hydrogen-bond acceptors (Lipinski definition) is 3. The summed E-state index contributed by atoms with van der Waals surface area (Å²) in [4.78, 5) is 0. The van der Waals surface area contributed by atoms with Gasteiger partial charge in [-0.25, -0.2) is 8.78 Å². The third-order valence-electron chi connectivity index (χ3n) is 3.01. The maximum atomic E-state index is 13.1. The molecule has 0 spiro atoms. The van der Waals surface area contributed by atoms with Crippen LogP contribution in [-0.2, 0) is 0 Å². The van der Waals surface area contributed by atoms with Gasteiger partial charge >= 0.3 is 0 Å². The molecule has 2 aromatic rings. The number of benzene rings is 2. The van der Waals surface area contributed by atoms with Gasteiger partial charge in [-0.2, -0.15) is 0 Å². The molecule has 2 aromatic carbocycles. The van der Waals surface area contributed by atoms with E-state index in [1.165, 1.54) is 19.2 Å². The zero-order valence-electron chi connectivity index (χ0n) is 11.2. The predicted molar refractivity (Wildman–Crippen MR) is 73.1 cm³/mol. The molecule has 0 saturated heterocycles. The van der Waals surface area contributed by atoms with Gasteiger partial charge in [0, 0.05) is 17.8 Å². The van der Waals surface area contributed by atoms with Crippen LogP contribution in [0.5, 0.6) is 11.5 Å². The molecule has 20 heavy (non-hydrogen) atoms. The van der Waals surface area contributed by atoms with Crippen molar-refractivity contribution in [2.24, 2.45) is 0 Å². The molecular formula is C15H15F2NO2. The number of phenols is 1. The molecule has 0 amide bonds. The Bertz CT molecular complexity index is 617. The summed E-state index contributed by atoms with van der Waals surface area (Å²) in [6.45, 7) is 1.87. The van der Waals surface area contributed by atoms with Crippen LogP contribution in [0.1, 0.15) is 18.5 Å². The lowest BCUT2D eigenvalue weighted by atomic mass is 10.1. The van der Waals surface area contributed by atoms with Crippen molar-refractivity contribution in [2.45, 2.75) is 13.0 Å². The quantitative estimate of drug-likeness (QED) is 0.893. The summed E-state index contributed by atoms with van der Waals surface area (Å²) in [6, 6.07) is 8.42. The van der Waals surface area contributed by atoms with E-state index in [1.54, 1.807) is 12.1 Å². The molecule has 0 saturated carbocycles. The first kappa shape index (κ1) is 14.1. The van der Waals surface area contributed by atoms with E-state index in [1.807, 2.05) is 6.92 Å². The molecule has 106 valence electrons. The number of nitrogens with one attached hydrogen (secondary N) is 1. The Morgan fingerprint density at radius 1 is 1.10 bits per heavy atom. The van der Waals surface area contributed by atoms with Crippen LogP contribution in [-0.4, -0.2) is 12.2 Å². The summed E-state index contributed by atoms with van der Waals surface area (Å²) in [7, 11) is 1.46. The van der Waals surface area contributed by atoms with Crippen LogP contribution in [0.2, 0.25) is 0 Å². The van der Waals surface area contributed by atoms with Gasteiger partial charge in [-0.05, 0) is 36.8 Å². The summed E-state index contributed by atoms with van der Waals surface area (Å²) < 4.78 is 31.0. The zero-order valence-corrected chi connectivity index (χ0v) is 11.2. The number of ether oxygens (including phenoxy) is 1. The van der Waals surface area contributed by atoms with Crippen molar-refractivity contribution < 1.29 is 18.6 Å². The summed E-state index contributed by atoms with van der Waals surface area (Å²) >= 11 is 0. The first-order chi connectivity index (χ1) is 9.51. The van der Waals surface area contributed by atoms with Crippen molar-refractivity contribution in [1.82, 2.24) is 0 Å². The minimum Gasteiger partial charge on any atom is -0.504 e. The maximum absolute atomic E-state index is 13.1. The Kier molecular flexibility index (Phi) is 4.08. The highest BCUT2D eigenvalue weighted by atomic mass is 19.2. The molecule has 0 radical (unpaired) electrons. The number of phenolic OH excluding ortho intramolecular Hbond substituents is 1. The monoisotopic (exact) mass is 279 g/mol. The Hall–Kier alpha value is -2.30. The number of anilines is 1. The van der Waals surface area contributed by atoms with Crippen LogP contribution in [0.15, 0.2) is 36.4 Å². The van der Waals surface area contributed by atoms with Crippen molar-refractivity contribution in [3.8, 4) is 11.5 Å². The summed E-state index contributed by atoms with van der Waals surface area (Å²) in [6.07, 6.45) is 0. The van der Waals surface area contributed by atoms with Crippen molar-refractivity contribution in [1.29, 1.82) is 0 Å². The molecule has 0 aliphatic carbocycles. The highest BCUT2D eigenvalue weighted by Gasteiger charge is 2.10. The SMILES string of the molecule is COc1cc(C(C)Nc2ccc(F)c(F)c2)ccc1O. The first-order valence-electron chi connectivity index (χ1n) is 6.09. The lowest BCUT2D eigenvalue weighted by molar-refractivity contribution is 0.373. The van der Waals surface area contributed by atoms with Gasteiger partial charge in [-0.15, -0.1) is 0 Å². The molecule has 0 aliphatic heterocycles. The second-order valence-corrected chi connectivity index (χ2v) is 4.43. The minimum absolute atomic E-state index is 0.0521. The Balaban J connectivity index is 2.19. The maximum Gasteiger partial charge on any atom is 0.160 e. The van der Waals surface area contributed by atoms with E-state index in [4.69, 9.17) is 4.74 Å². The Morgan fingerprint density at radius 3 is 2.50 bits per heavy atom. The van der Waals surface area contributed by atoms with E-state index in [2.05, 4.69) is 5.32 Å². The van der Waals surface area contributed by atoms with E-state index < -0.39 is 11.6 Å². The van der Waals surface area contributed by atoms with Crippen molar-refractivity contribution in [2.75, 3.05) is 12.4 Å². The van der Waals surface area contributed by atoms with Crippen LogP contribution < -0.4 is 10.1 Å². The smallest absolute Gasteiger partial charge is 0.160 e. The topological polar surface area (TPSA) is 41.5 Å². The molecule has 2 rings (SSSR count). The van der Waals surface area contributed by atoms with E-state index in [0.717, 1.165) is 17.7 Å². The second-order valence-electron chi connectivity index (χ2n) is 4.43. The zero-order chi connectivity index (χ0) is 14.7. The standard InChI is InChI=1S/C15H15F2NO2/c1-9(10-3-6-14(19)15(7-10)20-2)18-11-4-5-12(16)13(17)8-11/h3-9,18-19H,1-2H3. The fourth-order valence-electron chi connectivity index (χ4n) is 1.88. The van der Waals surface area contributed by atoms with Gasteiger partial charge < -0.3 is 15.2 Å². The molecule has 0 heterocycles. The number of halogens is 2. The average Bonchev–Trinajstić information content (AvgIpc) is 2.43. The molecule has 0 bridgehead atoms. The average molecular weight is 279 g/mol. The number of rotatable bonds is 4. The van der Waals surface area contributed by atoms with Gasteiger partial charge in [-0.1, -0.05) is 6.07 Å². The third-order valence-corrected chi connectivity index (χ3v) is 3.01. The van der Waals surface area contributed by atoms with Crippen molar-refractivity contribution in [3.63, 3.8) is 0 Å². The summed E-state index contributed by atoms with van der Waals surface area (Å²) in [5.41, 5.74) is 1.33. The predicted octanol–water partition coefficient (Wildman–Crippen LogP) is 3.85. The fraction of sp³-hybridized carbons (Fsp3) is 0.200. The van der Waals surface area contributed by atoms with Gasteiger partial charge in [0.15, 0.2) is 23.1 Å². The fourth-order valence-corrected chi connectivity index (χ4v) is 1.88. The van der Waals surface area contributed by atoms with E-state index in [-0.39, 0.29) is 11.8 Å². The number of methoxy groups -OCH3 is 1. The largest absolute Gasteiger partial charge is 0.504 e. The molecular weight excluding hydrogens is 264 g/mol. The van der Waals surface area contributed by atoms with E-state index in [0.29, 0.717) is 11.4 Å². The van der Waals surface area contributed by atoms with Gasteiger partial charge in [0.2, 0.25) is 0 Å². The van der Waals surface area contributed by atoms with Gasteiger partial charge in [0.05, 0.1) is 7.11 Å². The molecule has 1 unspecified atom stereocenters. The van der Waals surface area contributed by atoms with E-state index >= 15 is 0 Å². The lowest BCUT2D eigenvalue weighted by Gasteiger charge is -2.17. The molecule has 5 heteroatoms. The molecule has 2 N–H and O–H groups in total. The van der Waals surface area contributed by atoms with Gasteiger partial charge in [0.25, 0.3) is 0 Å². The highest BCUT2D eigenvalue weighted by Crippen LogP contribution is 2.30. The van der Waals surface area contributed by atoms with Crippen LogP contribution in [0, 0.1) is 11.6 Å². The normalized spacial score (nSPS) is 12.0. The molecule has 0 aromatic heterocycles. The van der Waals surface area contributed by atoms with Crippen LogP contribution in [0.25, 0.3) is 0 Å². The number of hydrogen-bond donors (Lipinski definition) is 2. The van der Waals surface area contributed by atoms with Crippen molar-refractivity contribution >= 4 is 5.69 Å². The number of aromatic hydroxyl groups is 1. The minimum atomic E-state index is -0.898. The molecule has 1 atom stereocenters. The molecule has 3 nitrogen and oxygen atoms in total. The highest BCUT2D eigenvalue weighted by molar-refractivity contribution is 5.48. The third kappa shape index (κ3) is 2.99. The second kappa shape index (κ2) is 5.77. The lowest BCUT2D eigenvalue weighted by Crippen LogP contribution is -2.07.